The van der Waals surface area contributed by atoms with E-state index in [-0.39, 0.29) is 0 Å². The number of aromatic nitrogens is 2. The lowest BCUT2D eigenvalue weighted by Crippen LogP contribution is -1.90. The van der Waals surface area contributed by atoms with Crippen molar-refractivity contribution < 1.29 is 14.3 Å². The van der Waals surface area contributed by atoms with Gasteiger partial charge in [0.05, 0.1) is 5.52 Å². The summed E-state index contributed by atoms with van der Waals surface area (Å²) in [7, 11) is 1.74. The summed E-state index contributed by atoms with van der Waals surface area (Å²) in [6, 6.07) is 9.61. The van der Waals surface area contributed by atoms with Crippen LogP contribution in [0, 0.1) is 5.82 Å². The topological polar surface area (TPSA) is 55.1 Å². The molecular weight excluding hydrogens is 259 g/mol. The Labute approximate surface area is 114 Å². The van der Waals surface area contributed by atoms with E-state index in [1.54, 1.807) is 36.0 Å². The third-order valence-corrected chi connectivity index (χ3v) is 3.29. The van der Waals surface area contributed by atoms with Gasteiger partial charge in [0.2, 0.25) is 0 Å². The van der Waals surface area contributed by atoms with E-state index in [1.165, 1.54) is 12.1 Å². The number of rotatable bonds is 2. The van der Waals surface area contributed by atoms with Gasteiger partial charge < -0.3 is 5.11 Å². The second kappa shape index (κ2) is 4.45. The molecule has 1 heterocycles. The van der Waals surface area contributed by atoms with E-state index in [1.807, 2.05) is 0 Å². The number of aromatic hydroxyl groups is 1. The molecule has 0 spiro atoms. The molecule has 2 aromatic carbocycles. The molecule has 0 atom stereocenters. The van der Waals surface area contributed by atoms with Crippen molar-refractivity contribution in [2.75, 3.05) is 0 Å². The number of phenolic OH excluding ortho intramolecular Hbond substituents is 1. The number of phenols is 1. The van der Waals surface area contributed by atoms with Gasteiger partial charge in [0, 0.05) is 18.0 Å². The normalized spacial score (nSPS) is 10.9. The number of aryl methyl sites for hydroxylation is 1. The lowest BCUT2D eigenvalue weighted by molar-refractivity contribution is 0.111. The van der Waals surface area contributed by atoms with Gasteiger partial charge in [-0.3, -0.25) is 9.48 Å². The summed E-state index contributed by atoms with van der Waals surface area (Å²) in [6.45, 7) is 0. The minimum absolute atomic E-state index is 0.320. The van der Waals surface area contributed by atoms with Crippen LogP contribution in [0.25, 0.3) is 22.0 Å². The highest BCUT2D eigenvalue weighted by Crippen LogP contribution is 2.33. The van der Waals surface area contributed by atoms with Crippen LogP contribution in [0.5, 0.6) is 5.75 Å². The fourth-order valence-corrected chi connectivity index (χ4v) is 2.30. The molecule has 3 aromatic rings. The zero-order valence-electron chi connectivity index (χ0n) is 10.7. The molecule has 0 aliphatic rings. The predicted molar refractivity (Wildman–Crippen MR) is 73.2 cm³/mol. The van der Waals surface area contributed by atoms with Crippen molar-refractivity contribution in [3.05, 3.63) is 47.9 Å². The lowest BCUT2D eigenvalue weighted by atomic mass is 10.0. The van der Waals surface area contributed by atoms with Crippen LogP contribution in [0.3, 0.4) is 0 Å². The summed E-state index contributed by atoms with van der Waals surface area (Å²) >= 11 is 0. The molecule has 0 saturated heterocycles. The summed E-state index contributed by atoms with van der Waals surface area (Å²) in [5.41, 5.74) is 2.13. The number of hydrogen-bond acceptors (Lipinski definition) is 3. The number of benzene rings is 2. The molecular formula is C15H11FN2O2. The first kappa shape index (κ1) is 12.3. The van der Waals surface area contributed by atoms with Crippen molar-refractivity contribution in [1.29, 1.82) is 0 Å². The van der Waals surface area contributed by atoms with Crippen LogP contribution in [0.4, 0.5) is 4.39 Å². The van der Waals surface area contributed by atoms with E-state index in [0.717, 1.165) is 5.52 Å². The number of para-hydroxylation sites is 1. The van der Waals surface area contributed by atoms with E-state index in [9.17, 15) is 14.3 Å². The number of carbonyl (C=O) groups excluding carboxylic acids is 1. The Kier molecular flexibility index (Phi) is 2.75. The van der Waals surface area contributed by atoms with Crippen LogP contribution in [0.1, 0.15) is 10.5 Å². The Hall–Kier alpha value is -2.69. The largest absolute Gasteiger partial charge is 0.504 e. The second-order valence-electron chi connectivity index (χ2n) is 4.49. The zero-order valence-corrected chi connectivity index (χ0v) is 10.7. The van der Waals surface area contributed by atoms with Gasteiger partial charge in [-0.2, -0.15) is 5.10 Å². The number of nitrogens with zero attached hydrogens (tertiary/aromatic N) is 2. The molecule has 0 amide bonds. The number of halogens is 1. The Bertz CT molecular complexity index is 824. The molecule has 5 heteroatoms. The maximum atomic E-state index is 13.4. The number of fused-ring (bicyclic) bond motifs is 1. The SMILES string of the molecule is Cn1nc(C=O)c2cc(-c3cccc(F)c3O)ccc21. The molecule has 1 aromatic heterocycles. The molecule has 3 rings (SSSR count). The lowest BCUT2D eigenvalue weighted by Gasteiger charge is -2.06. The average molecular weight is 270 g/mol. The maximum absolute atomic E-state index is 13.4. The van der Waals surface area contributed by atoms with Crippen molar-refractivity contribution in [1.82, 2.24) is 9.78 Å². The summed E-state index contributed by atoms with van der Waals surface area (Å²) in [6.07, 6.45) is 0.678. The van der Waals surface area contributed by atoms with Crippen LogP contribution in [0.2, 0.25) is 0 Å². The van der Waals surface area contributed by atoms with Gasteiger partial charge in [0.15, 0.2) is 17.9 Å². The summed E-state index contributed by atoms with van der Waals surface area (Å²) in [4.78, 5) is 11.0. The quantitative estimate of drug-likeness (QED) is 0.728. The van der Waals surface area contributed by atoms with Crippen LogP contribution in [-0.4, -0.2) is 21.2 Å². The van der Waals surface area contributed by atoms with E-state index < -0.39 is 11.6 Å². The van der Waals surface area contributed by atoms with E-state index in [2.05, 4.69) is 5.10 Å². The van der Waals surface area contributed by atoms with Gasteiger partial charge in [-0.25, -0.2) is 4.39 Å². The Morgan fingerprint density at radius 3 is 2.85 bits per heavy atom. The molecule has 1 N–H and O–H groups in total. The fourth-order valence-electron chi connectivity index (χ4n) is 2.30. The van der Waals surface area contributed by atoms with Crippen molar-refractivity contribution in [2.45, 2.75) is 0 Å². The molecule has 0 saturated carbocycles. The molecule has 0 fully saturated rings. The Balaban J connectivity index is 2.27. The molecule has 0 aliphatic heterocycles. The molecule has 4 nitrogen and oxygen atoms in total. The van der Waals surface area contributed by atoms with Crippen molar-refractivity contribution in [2.24, 2.45) is 7.05 Å². The highest BCUT2D eigenvalue weighted by atomic mass is 19.1. The molecule has 0 unspecified atom stereocenters. The first-order valence-corrected chi connectivity index (χ1v) is 6.01. The van der Waals surface area contributed by atoms with Gasteiger partial charge in [0.25, 0.3) is 0 Å². The smallest absolute Gasteiger partial charge is 0.170 e. The zero-order chi connectivity index (χ0) is 14.3. The standard InChI is InChI=1S/C15H11FN2O2/c1-18-14-6-5-9(7-11(14)13(8-19)17-18)10-3-2-4-12(16)15(10)20/h2-8,20H,1H3. The molecule has 0 bridgehead atoms. The third kappa shape index (κ3) is 1.75. The number of aldehydes is 1. The van der Waals surface area contributed by atoms with Gasteiger partial charge in [-0.1, -0.05) is 18.2 Å². The van der Waals surface area contributed by atoms with Gasteiger partial charge in [0.1, 0.15) is 5.69 Å². The van der Waals surface area contributed by atoms with Crippen LogP contribution < -0.4 is 0 Å². The second-order valence-corrected chi connectivity index (χ2v) is 4.49. The monoisotopic (exact) mass is 270 g/mol. The first-order valence-electron chi connectivity index (χ1n) is 6.01. The van der Waals surface area contributed by atoms with E-state index in [4.69, 9.17) is 0 Å². The summed E-state index contributed by atoms with van der Waals surface area (Å²) in [5.74, 6) is -1.08. The average Bonchev–Trinajstić information content (AvgIpc) is 2.78. The van der Waals surface area contributed by atoms with Crippen LogP contribution in [-0.2, 0) is 7.05 Å². The van der Waals surface area contributed by atoms with Crippen LogP contribution >= 0.6 is 0 Å². The van der Waals surface area contributed by atoms with E-state index in [0.29, 0.717) is 28.5 Å². The number of hydrogen-bond donors (Lipinski definition) is 1. The minimum Gasteiger partial charge on any atom is -0.504 e. The van der Waals surface area contributed by atoms with Crippen molar-refractivity contribution >= 4 is 17.2 Å². The Morgan fingerprint density at radius 2 is 2.10 bits per heavy atom. The van der Waals surface area contributed by atoms with Crippen LogP contribution in [0.15, 0.2) is 36.4 Å². The molecule has 100 valence electrons. The Morgan fingerprint density at radius 1 is 1.30 bits per heavy atom. The summed E-state index contributed by atoms with van der Waals surface area (Å²) in [5, 5.41) is 14.6. The first-order chi connectivity index (χ1) is 9.61. The highest BCUT2D eigenvalue weighted by Gasteiger charge is 2.12. The van der Waals surface area contributed by atoms with Gasteiger partial charge in [-0.05, 0) is 23.8 Å². The molecule has 20 heavy (non-hydrogen) atoms. The fraction of sp³-hybridized carbons (Fsp3) is 0.0667. The maximum Gasteiger partial charge on any atom is 0.170 e. The minimum atomic E-state index is -0.676. The van der Waals surface area contributed by atoms with Crippen molar-refractivity contribution in [3.8, 4) is 16.9 Å². The van der Waals surface area contributed by atoms with E-state index >= 15 is 0 Å². The van der Waals surface area contributed by atoms with Gasteiger partial charge >= 0.3 is 0 Å². The van der Waals surface area contributed by atoms with Gasteiger partial charge in [-0.15, -0.1) is 0 Å². The number of carbonyl (C=O) groups is 1. The molecule has 0 radical (unpaired) electrons. The molecule has 0 aliphatic carbocycles. The predicted octanol–water partition coefficient (Wildman–Crippen LogP) is 2.90. The van der Waals surface area contributed by atoms with Crippen molar-refractivity contribution in [3.63, 3.8) is 0 Å². The highest BCUT2D eigenvalue weighted by molar-refractivity contribution is 5.97. The summed E-state index contributed by atoms with van der Waals surface area (Å²) < 4.78 is 15.0. The third-order valence-electron chi connectivity index (χ3n) is 3.29.